The van der Waals surface area contributed by atoms with Gasteiger partial charge in [-0.2, -0.15) is 0 Å². The Morgan fingerprint density at radius 2 is 2.06 bits per heavy atom. The Labute approximate surface area is 116 Å². The first-order valence-electron chi connectivity index (χ1n) is 5.64. The molecule has 2 rings (SSSR count). The summed E-state index contributed by atoms with van der Waals surface area (Å²) in [5.41, 5.74) is 2.71. The van der Waals surface area contributed by atoms with E-state index in [9.17, 15) is 0 Å². The van der Waals surface area contributed by atoms with Crippen LogP contribution in [0.1, 0.15) is 12.5 Å². The Morgan fingerprint density at radius 3 is 2.72 bits per heavy atom. The van der Waals surface area contributed by atoms with Gasteiger partial charge in [-0.3, -0.25) is 4.98 Å². The summed E-state index contributed by atoms with van der Waals surface area (Å²) in [5, 5.41) is 4.18. The molecular formula is C13H13Cl2N3. The Hall–Kier alpha value is -1.32. The maximum absolute atomic E-state index is 6.21. The van der Waals surface area contributed by atoms with Crippen molar-refractivity contribution >= 4 is 29.0 Å². The summed E-state index contributed by atoms with van der Waals surface area (Å²) in [5.74, 6) is 0.648. The van der Waals surface area contributed by atoms with E-state index in [1.807, 2.05) is 19.9 Å². The molecular weight excluding hydrogens is 269 g/mol. The maximum atomic E-state index is 6.21. The molecule has 5 heteroatoms. The molecule has 2 heterocycles. The Morgan fingerprint density at radius 1 is 1.28 bits per heavy atom. The van der Waals surface area contributed by atoms with Crippen molar-refractivity contribution in [3.05, 3.63) is 40.1 Å². The first-order valence-corrected chi connectivity index (χ1v) is 6.40. The lowest BCUT2D eigenvalue weighted by molar-refractivity contribution is 1.16. The summed E-state index contributed by atoms with van der Waals surface area (Å²) in [7, 11) is 0. The van der Waals surface area contributed by atoms with Crippen molar-refractivity contribution < 1.29 is 0 Å². The average molecular weight is 282 g/mol. The Bertz CT molecular complexity index is 570. The van der Waals surface area contributed by atoms with Gasteiger partial charge in [-0.15, -0.1) is 0 Å². The largest absolute Gasteiger partial charge is 0.369 e. The lowest BCUT2D eigenvalue weighted by Crippen LogP contribution is -2.01. The molecule has 0 unspecified atom stereocenters. The Kier molecular flexibility index (Phi) is 4.04. The van der Waals surface area contributed by atoms with E-state index < -0.39 is 0 Å². The van der Waals surface area contributed by atoms with Crippen molar-refractivity contribution in [3.8, 4) is 11.3 Å². The molecule has 0 fully saturated rings. The van der Waals surface area contributed by atoms with E-state index in [1.54, 1.807) is 18.5 Å². The van der Waals surface area contributed by atoms with Gasteiger partial charge in [-0.1, -0.05) is 23.2 Å². The van der Waals surface area contributed by atoms with Gasteiger partial charge in [0.15, 0.2) is 0 Å². The fourth-order valence-electron chi connectivity index (χ4n) is 1.69. The van der Waals surface area contributed by atoms with Crippen LogP contribution in [0, 0.1) is 6.92 Å². The van der Waals surface area contributed by atoms with E-state index in [1.165, 1.54) is 0 Å². The van der Waals surface area contributed by atoms with Gasteiger partial charge in [0.25, 0.3) is 0 Å². The number of aryl methyl sites for hydroxylation is 1. The summed E-state index contributed by atoms with van der Waals surface area (Å²) in [6, 6.07) is 3.61. The number of hydrogen-bond acceptors (Lipinski definition) is 3. The summed E-state index contributed by atoms with van der Waals surface area (Å²) in [4.78, 5) is 8.55. The van der Waals surface area contributed by atoms with Crippen molar-refractivity contribution in [2.75, 3.05) is 11.9 Å². The van der Waals surface area contributed by atoms with Crippen LogP contribution in [0.4, 0.5) is 5.82 Å². The van der Waals surface area contributed by atoms with Crippen molar-refractivity contribution in [1.29, 1.82) is 0 Å². The fourth-order valence-corrected chi connectivity index (χ4v) is 2.21. The number of nitrogens with one attached hydrogen (secondary N) is 1. The van der Waals surface area contributed by atoms with Gasteiger partial charge in [-0.25, -0.2) is 4.98 Å². The highest BCUT2D eigenvalue weighted by Gasteiger charge is 2.12. The van der Waals surface area contributed by atoms with Crippen LogP contribution in [0.5, 0.6) is 0 Å². The van der Waals surface area contributed by atoms with Crippen molar-refractivity contribution in [2.24, 2.45) is 0 Å². The highest BCUT2D eigenvalue weighted by atomic mass is 35.5. The van der Waals surface area contributed by atoms with Gasteiger partial charge in [0.2, 0.25) is 0 Å². The summed E-state index contributed by atoms with van der Waals surface area (Å²) >= 11 is 12.3. The number of aromatic nitrogens is 2. The van der Waals surface area contributed by atoms with Crippen LogP contribution in [0.2, 0.25) is 10.0 Å². The second-order valence-electron chi connectivity index (χ2n) is 3.87. The van der Waals surface area contributed by atoms with Crippen molar-refractivity contribution in [3.63, 3.8) is 0 Å². The zero-order valence-corrected chi connectivity index (χ0v) is 11.7. The predicted octanol–water partition coefficient (Wildman–Crippen LogP) is 4.19. The molecule has 0 aliphatic heterocycles. The van der Waals surface area contributed by atoms with Gasteiger partial charge in [0, 0.05) is 24.5 Å². The van der Waals surface area contributed by atoms with Gasteiger partial charge >= 0.3 is 0 Å². The molecule has 18 heavy (non-hydrogen) atoms. The molecule has 0 aromatic carbocycles. The minimum atomic E-state index is 0.525. The number of hydrogen-bond donors (Lipinski definition) is 1. The molecule has 0 bridgehead atoms. The number of anilines is 1. The molecule has 0 saturated heterocycles. The average Bonchev–Trinajstić information content (AvgIpc) is 2.34. The third-order valence-corrected chi connectivity index (χ3v) is 3.13. The molecule has 0 amide bonds. The van der Waals surface area contributed by atoms with Crippen LogP contribution in [-0.2, 0) is 0 Å². The molecule has 2 aromatic heterocycles. The van der Waals surface area contributed by atoms with Crippen LogP contribution in [0.25, 0.3) is 11.3 Å². The molecule has 0 saturated carbocycles. The SMILES string of the molecule is CCNc1nc(-c2ccncc2C)c(Cl)cc1Cl. The van der Waals surface area contributed by atoms with Gasteiger partial charge in [0.1, 0.15) is 5.82 Å². The summed E-state index contributed by atoms with van der Waals surface area (Å²) < 4.78 is 0. The molecule has 0 spiro atoms. The van der Waals surface area contributed by atoms with E-state index in [2.05, 4.69) is 15.3 Å². The summed E-state index contributed by atoms with van der Waals surface area (Å²) in [6.07, 6.45) is 3.51. The van der Waals surface area contributed by atoms with E-state index in [4.69, 9.17) is 23.2 Å². The lowest BCUT2D eigenvalue weighted by atomic mass is 10.1. The number of nitrogens with zero attached hydrogens (tertiary/aromatic N) is 2. The zero-order valence-electron chi connectivity index (χ0n) is 10.2. The molecule has 0 aliphatic carbocycles. The first-order chi connectivity index (χ1) is 8.63. The minimum Gasteiger partial charge on any atom is -0.369 e. The quantitative estimate of drug-likeness (QED) is 0.917. The van der Waals surface area contributed by atoms with Crippen LogP contribution >= 0.6 is 23.2 Å². The van der Waals surface area contributed by atoms with Crippen molar-refractivity contribution in [2.45, 2.75) is 13.8 Å². The molecule has 3 nitrogen and oxygen atoms in total. The molecule has 2 aromatic rings. The second-order valence-corrected chi connectivity index (χ2v) is 4.68. The van der Waals surface area contributed by atoms with E-state index in [0.29, 0.717) is 15.9 Å². The molecule has 0 atom stereocenters. The number of pyridine rings is 2. The standard InChI is InChI=1S/C13H13Cl2N3/c1-3-17-13-11(15)6-10(14)12(18-13)9-4-5-16-7-8(9)2/h4-7H,3H2,1-2H3,(H,17,18). The number of halogens is 2. The third-order valence-electron chi connectivity index (χ3n) is 2.55. The molecule has 0 radical (unpaired) electrons. The van der Waals surface area contributed by atoms with Gasteiger partial charge in [0.05, 0.1) is 15.7 Å². The smallest absolute Gasteiger partial charge is 0.145 e. The van der Waals surface area contributed by atoms with E-state index in [-0.39, 0.29) is 0 Å². The minimum absolute atomic E-state index is 0.525. The second kappa shape index (κ2) is 5.55. The van der Waals surface area contributed by atoms with Crippen LogP contribution in [0.15, 0.2) is 24.5 Å². The fraction of sp³-hybridized carbons (Fsp3) is 0.231. The van der Waals surface area contributed by atoms with E-state index >= 15 is 0 Å². The van der Waals surface area contributed by atoms with Gasteiger partial charge in [-0.05, 0) is 31.5 Å². The van der Waals surface area contributed by atoms with Crippen LogP contribution < -0.4 is 5.32 Å². The molecule has 1 N–H and O–H groups in total. The highest BCUT2D eigenvalue weighted by molar-refractivity contribution is 6.37. The van der Waals surface area contributed by atoms with Crippen LogP contribution in [0.3, 0.4) is 0 Å². The number of rotatable bonds is 3. The molecule has 0 aliphatic rings. The normalized spacial score (nSPS) is 10.4. The highest BCUT2D eigenvalue weighted by Crippen LogP contribution is 2.33. The predicted molar refractivity (Wildman–Crippen MR) is 76.4 cm³/mol. The van der Waals surface area contributed by atoms with Crippen LogP contribution in [-0.4, -0.2) is 16.5 Å². The zero-order chi connectivity index (χ0) is 13.1. The van der Waals surface area contributed by atoms with Gasteiger partial charge < -0.3 is 5.32 Å². The molecule has 94 valence electrons. The first kappa shape index (κ1) is 13.1. The van der Waals surface area contributed by atoms with Crippen molar-refractivity contribution in [1.82, 2.24) is 9.97 Å². The van der Waals surface area contributed by atoms with E-state index in [0.717, 1.165) is 23.4 Å². The Balaban J connectivity index is 2.57. The maximum Gasteiger partial charge on any atom is 0.145 e. The monoisotopic (exact) mass is 281 g/mol. The topological polar surface area (TPSA) is 37.8 Å². The lowest BCUT2D eigenvalue weighted by Gasteiger charge is -2.11. The summed E-state index contributed by atoms with van der Waals surface area (Å²) in [6.45, 7) is 4.72. The third kappa shape index (κ3) is 2.57.